The summed E-state index contributed by atoms with van der Waals surface area (Å²) < 4.78 is 0. The zero-order chi connectivity index (χ0) is 39.4. The molecule has 10 rings (SSSR count). The molecule has 0 bridgehead atoms. The SMILES string of the molecule is c1ccc(-c2cc(-c3ccccc3)cc(-c3ccc(N(c4ccc(-c5cccc(-c6ccc7ccccc7c6)c5)cc4)c4cccc(-c5ccccc5)c4)cc3)c2)cc1. The van der Waals surface area contributed by atoms with E-state index in [0.29, 0.717) is 0 Å². The Morgan fingerprint density at radius 1 is 0.169 bits per heavy atom. The van der Waals surface area contributed by atoms with Gasteiger partial charge in [-0.15, -0.1) is 0 Å². The highest BCUT2D eigenvalue weighted by Gasteiger charge is 2.15. The smallest absolute Gasteiger partial charge is 0.0467 e. The molecule has 0 fully saturated rings. The van der Waals surface area contributed by atoms with Crippen molar-refractivity contribution in [1.82, 2.24) is 0 Å². The van der Waals surface area contributed by atoms with Crippen molar-refractivity contribution in [3.05, 3.63) is 249 Å². The van der Waals surface area contributed by atoms with E-state index < -0.39 is 0 Å². The van der Waals surface area contributed by atoms with Crippen LogP contribution in [0.1, 0.15) is 0 Å². The van der Waals surface area contributed by atoms with Crippen LogP contribution in [0.15, 0.2) is 249 Å². The molecule has 0 aliphatic heterocycles. The van der Waals surface area contributed by atoms with Crippen molar-refractivity contribution < 1.29 is 0 Å². The van der Waals surface area contributed by atoms with Gasteiger partial charge in [-0.2, -0.15) is 0 Å². The van der Waals surface area contributed by atoms with E-state index in [1.54, 1.807) is 0 Å². The van der Waals surface area contributed by atoms with Crippen molar-refractivity contribution in [2.24, 2.45) is 0 Å². The van der Waals surface area contributed by atoms with E-state index >= 15 is 0 Å². The first-order chi connectivity index (χ1) is 29.2. The third-order valence-electron chi connectivity index (χ3n) is 11.2. The standard InChI is InChI=1S/C58H41N/c1-4-14-42(15-5-1)51-24-13-25-58(41-51)59(56-32-28-46(29-33-56)49-22-12-23-50(36-49)52-27-26-45-20-10-11-21-48(45)37-52)57-34-30-47(31-35-57)55-39-53(43-16-6-2-7-17-43)38-54(40-55)44-18-8-3-9-19-44/h1-41H. The number of anilines is 3. The van der Waals surface area contributed by atoms with Gasteiger partial charge in [0, 0.05) is 17.1 Å². The van der Waals surface area contributed by atoms with E-state index in [4.69, 9.17) is 0 Å². The lowest BCUT2D eigenvalue weighted by Crippen LogP contribution is -2.10. The molecular formula is C58H41N. The molecule has 10 aromatic rings. The molecule has 10 aromatic carbocycles. The Kier molecular flexibility index (Phi) is 9.68. The van der Waals surface area contributed by atoms with Crippen LogP contribution in [0.25, 0.3) is 77.5 Å². The highest BCUT2D eigenvalue weighted by atomic mass is 15.1. The first-order valence-electron chi connectivity index (χ1n) is 20.2. The topological polar surface area (TPSA) is 3.24 Å². The summed E-state index contributed by atoms with van der Waals surface area (Å²) in [6, 6.07) is 89.8. The van der Waals surface area contributed by atoms with Crippen LogP contribution in [0.3, 0.4) is 0 Å². The molecule has 1 nitrogen and oxygen atoms in total. The Balaban J connectivity index is 1.02. The van der Waals surface area contributed by atoms with Gasteiger partial charge in [-0.05, 0) is 144 Å². The van der Waals surface area contributed by atoms with E-state index in [1.807, 2.05) is 0 Å². The predicted molar refractivity (Wildman–Crippen MR) is 251 cm³/mol. The van der Waals surface area contributed by atoms with Gasteiger partial charge in [0.2, 0.25) is 0 Å². The van der Waals surface area contributed by atoms with Gasteiger partial charge in [-0.25, -0.2) is 0 Å². The Morgan fingerprint density at radius 3 is 1.05 bits per heavy atom. The monoisotopic (exact) mass is 751 g/mol. The fourth-order valence-corrected chi connectivity index (χ4v) is 8.14. The minimum Gasteiger partial charge on any atom is -0.310 e. The molecule has 1 heteroatoms. The van der Waals surface area contributed by atoms with Crippen LogP contribution in [0.4, 0.5) is 17.1 Å². The van der Waals surface area contributed by atoms with Crippen LogP contribution in [-0.2, 0) is 0 Å². The third kappa shape index (κ3) is 7.58. The van der Waals surface area contributed by atoms with E-state index in [2.05, 4.69) is 254 Å². The quantitative estimate of drug-likeness (QED) is 0.142. The minimum absolute atomic E-state index is 1.09. The molecule has 0 amide bonds. The van der Waals surface area contributed by atoms with Crippen molar-refractivity contribution in [3.63, 3.8) is 0 Å². The second-order valence-electron chi connectivity index (χ2n) is 15.0. The second kappa shape index (κ2) is 16.0. The number of rotatable bonds is 9. The van der Waals surface area contributed by atoms with Gasteiger partial charge in [0.15, 0.2) is 0 Å². The molecule has 278 valence electrons. The van der Waals surface area contributed by atoms with Crippen LogP contribution in [0.5, 0.6) is 0 Å². The van der Waals surface area contributed by atoms with Crippen LogP contribution in [0, 0.1) is 0 Å². The van der Waals surface area contributed by atoms with Gasteiger partial charge < -0.3 is 4.90 Å². The second-order valence-corrected chi connectivity index (χ2v) is 15.0. The Morgan fingerprint density at radius 2 is 0.508 bits per heavy atom. The van der Waals surface area contributed by atoms with E-state index in [0.717, 1.165) is 17.1 Å². The highest BCUT2D eigenvalue weighted by Crippen LogP contribution is 2.40. The summed E-state index contributed by atoms with van der Waals surface area (Å²) in [5, 5.41) is 2.51. The van der Waals surface area contributed by atoms with Crippen molar-refractivity contribution in [1.29, 1.82) is 0 Å². The molecule has 0 saturated heterocycles. The summed E-state index contributed by atoms with van der Waals surface area (Å²) in [6.45, 7) is 0. The van der Waals surface area contributed by atoms with Gasteiger partial charge in [0.1, 0.15) is 0 Å². The Labute approximate surface area is 346 Å². The molecule has 0 aromatic heterocycles. The zero-order valence-corrected chi connectivity index (χ0v) is 32.6. The fourth-order valence-electron chi connectivity index (χ4n) is 8.14. The summed E-state index contributed by atoms with van der Waals surface area (Å²) in [5.41, 5.74) is 17.6. The van der Waals surface area contributed by atoms with Crippen LogP contribution in [-0.4, -0.2) is 0 Å². The molecule has 0 unspecified atom stereocenters. The van der Waals surface area contributed by atoms with Crippen LogP contribution < -0.4 is 4.90 Å². The largest absolute Gasteiger partial charge is 0.310 e. The van der Waals surface area contributed by atoms with E-state index in [1.165, 1.54) is 77.5 Å². The van der Waals surface area contributed by atoms with Gasteiger partial charge in [0.25, 0.3) is 0 Å². The van der Waals surface area contributed by atoms with Gasteiger partial charge in [-0.3, -0.25) is 0 Å². The number of benzene rings is 10. The van der Waals surface area contributed by atoms with E-state index in [-0.39, 0.29) is 0 Å². The lowest BCUT2D eigenvalue weighted by atomic mass is 9.93. The third-order valence-corrected chi connectivity index (χ3v) is 11.2. The maximum Gasteiger partial charge on any atom is 0.0467 e. The molecule has 59 heavy (non-hydrogen) atoms. The lowest BCUT2D eigenvalue weighted by Gasteiger charge is -2.26. The number of hydrogen-bond acceptors (Lipinski definition) is 1. The maximum absolute atomic E-state index is 2.36. The van der Waals surface area contributed by atoms with Crippen molar-refractivity contribution in [2.75, 3.05) is 4.90 Å². The Hall–Kier alpha value is -7.74. The molecule has 0 heterocycles. The molecule has 0 saturated carbocycles. The summed E-state index contributed by atoms with van der Waals surface area (Å²) in [4.78, 5) is 2.36. The average Bonchev–Trinajstić information content (AvgIpc) is 3.33. The number of hydrogen-bond donors (Lipinski definition) is 0. The Bertz CT molecular complexity index is 2950. The molecule has 0 aliphatic rings. The summed E-state index contributed by atoms with van der Waals surface area (Å²) in [5.74, 6) is 0. The molecule has 0 atom stereocenters. The summed E-state index contributed by atoms with van der Waals surface area (Å²) >= 11 is 0. The zero-order valence-electron chi connectivity index (χ0n) is 32.6. The lowest BCUT2D eigenvalue weighted by molar-refractivity contribution is 1.28. The van der Waals surface area contributed by atoms with Gasteiger partial charge >= 0.3 is 0 Å². The summed E-state index contributed by atoms with van der Waals surface area (Å²) in [7, 11) is 0. The predicted octanol–water partition coefficient (Wildman–Crippen LogP) is 16.3. The van der Waals surface area contributed by atoms with Crippen molar-refractivity contribution >= 4 is 27.8 Å². The maximum atomic E-state index is 2.36. The first-order valence-corrected chi connectivity index (χ1v) is 20.2. The normalized spacial score (nSPS) is 11.1. The van der Waals surface area contributed by atoms with Crippen molar-refractivity contribution in [3.8, 4) is 66.8 Å². The molecule has 0 radical (unpaired) electrons. The van der Waals surface area contributed by atoms with Crippen LogP contribution in [0.2, 0.25) is 0 Å². The highest BCUT2D eigenvalue weighted by molar-refractivity contribution is 5.89. The first kappa shape index (κ1) is 35.7. The van der Waals surface area contributed by atoms with E-state index in [9.17, 15) is 0 Å². The minimum atomic E-state index is 1.09. The molecular weight excluding hydrogens is 711 g/mol. The summed E-state index contributed by atoms with van der Waals surface area (Å²) in [6.07, 6.45) is 0. The fraction of sp³-hybridized carbons (Fsp3) is 0. The van der Waals surface area contributed by atoms with Crippen LogP contribution >= 0.6 is 0 Å². The molecule has 0 aliphatic carbocycles. The number of fused-ring (bicyclic) bond motifs is 1. The van der Waals surface area contributed by atoms with Gasteiger partial charge in [-0.1, -0.05) is 182 Å². The molecule has 0 spiro atoms. The number of nitrogens with zero attached hydrogens (tertiary/aromatic N) is 1. The van der Waals surface area contributed by atoms with Gasteiger partial charge in [0.05, 0.1) is 0 Å². The van der Waals surface area contributed by atoms with Crippen molar-refractivity contribution in [2.45, 2.75) is 0 Å². The average molecular weight is 752 g/mol. The molecule has 0 N–H and O–H groups in total.